The van der Waals surface area contributed by atoms with Crippen molar-refractivity contribution in [2.24, 2.45) is 5.73 Å². The number of thiophene rings is 1. The maximum atomic E-state index is 11.6. The summed E-state index contributed by atoms with van der Waals surface area (Å²) >= 11 is 1.58. The number of amides is 1. The second kappa shape index (κ2) is 6.16. The molecule has 0 bridgehead atoms. The van der Waals surface area contributed by atoms with E-state index in [2.05, 4.69) is 36.4 Å². The molecule has 2 nitrogen and oxygen atoms in total. The Kier molecular flexibility index (Phi) is 4.07. The van der Waals surface area contributed by atoms with E-state index in [0.717, 1.165) is 16.9 Å². The molecule has 110 valence electrons. The van der Waals surface area contributed by atoms with Crippen LogP contribution >= 0.6 is 11.3 Å². The minimum Gasteiger partial charge on any atom is -0.366 e. The molecule has 0 radical (unpaired) electrons. The van der Waals surface area contributed by atoms with Crippen LogP contribution in [-0.4, -0.2) is 5.91 Å². The second-order valence-corrected chi connectivity index (χ2v) is 6.38. The maximum Gasteiger partial charge on any atom is 0.250 e. The summed E-state index contributed by atoms with van der Waals surface area (Å²) in [4.78, 5) is 12.6. The first-order valence-electron chi connectivity index (χ1n) is 7.16. The van der Waals surface area contributed by atoms with Crippen LogP contribution in [0.4, 0.5) is 0 Å². The Balaban J connectivity index is 1.84. The molecule has 0 fully saturated rings. The van der Waals surface area contributed by atoms with Crippen molar-refractivity contribution in [3.05, 3.63) is 81.5 Å². The quantitative estimate of drug-likeness (QED) is 0.762. The van der Waals surface area contributed by atoms with E-state index in [0.29, 0.717) is 5.56 Å². The van der Waals surface area contributed by atoms with Crippen LogP contribution in [0.1, 0.15) is 26.4 Å². The summed E-state index contributed by atoms with van der Waals surface area (Å²) in [6, 6.07) is 18.8. The zero-order chi connectivity index (χ0) is 15.5. The van der Waals surface area contributed by atoms with Crippen molar-refractivity contribution in [2.45, 2.75) is 13.3 Å². The molecule has 0 aliphatic rings. The molecule has 1 aromatic heterocycles. The van der Waals surface area contributed by atoms with Crippen LogP contribution in [0.5, 0.6) is 0 Å². The van der Waals surface area contributed by atoms with E-state index >= 15 is 0 Å². The molecule has 1 heterocycles. The fraction of sp³-hybridized carbons (Fsp3) is 0.105. The fourth-order valence-corrected chi connectivity index (χ4v) is 3.50. The maximum absolute atomic E-state index is 11.6. The minimum atomic E-state index is -0.338. The third-order valence-corrected chi connectivity index (χ3v) is 4.71. The lowest BCUT2D eigenvalue weighted by atomic mass is 9.99. The van der Waals surface area contributed by atoms with Crippen LogP contribution in [0.15, 0.2) is 60.0 Å². The molecule has 0 spiro atoms. The summed E-state index contributed by atoms with van der Waals surface area (Å²) in [7, 11) is 0. The Bertz CT molecular complexity index is 788. The lowest BCUT2D eigenvalue weighted by molar-refractivity contribution is 0.0999. The van der Waals surface area contributed by atoms with Gasteiger partial charge in [-0.05, 0) is 41.0 Å². The van der Waals surface area contributed by atoms with Gasteiger partial charge in [-0.1, -0.05) is 54.6 Å². The van der Waals surface area contributed by atoms with Gasteiger partial charge in [0.1, 0.15) is 0 Å². The van der Waals surface area contributed by atoms with E-state index in [1.54, 1.807) is 11.3 Å². The minimum absolute atomic E-state index is 0.338. The molecule has 3 aromatic rings. The molecule has 0 unspecified atom stereocenters. The second-order valence-electron chi connectivity index (χ2n) is 5.30. The summed E-state index contributed by atoms with van der Waals surface area (Å²) in [6.07, 6.45) is 0.734. The molecule has 0 aliphatic carbocycles. The van der Waals surface area contributed by atoms with E-state index in [9.17, 15) is 4.79 Å². The Morgan fingerprint density at radius 1 is 1.00 bits per heavy atom. The third kappa shape index (κ3) is 2.95. The zero-order valence-corrected chi connectivity index (χ0v) is 13.2. The zero-order valence-electron chi connectivity index (χ0n) is 12.4. The molecule has 3 rings (SSSR count). The van der Waals surface area contributed by atoms with Gasteiger partial charge in [0.25, 0.3) is 0 Å². The van der Waals surface area contributed by atoms with E-state index in [-0.39, 0.29) is 5.91 Å². The summed E-state index contributed by atoms with van der Waals surface area (Å²) in [5.74, 6) is -0.338. The van der Waals surface area contributed by atoms with Gasteiger partial charge in [-0.2, -0.15) is 0 Å². The van der Waals surface area contributed by atoms with Crippen LogP contribution in [0.25, 0.3) is 11.1 Å². The van der Waals surface area contributed by atoms with Gasteiger partial charge in [0.15, 0.2) is 0 Å². The van der Waals surface area contributed by atoms with Gasteiger partial charge in [0, 0.05) is 4.88 Å². The van der Waals surface area contributed by atoms with Crippen molar-refractivity contribution in [1.82, 2.24) is 0 Å². The topological polar surface area (TPSA) is 43.1 Å². The van der Waals surface area contributed by atoms with Crippen molar-refractivity contribution >= 4 is 17.2 Å². The molecule has 0 atom stereocenters. The van der Waals surface area contributed by atoms with Gasteiger partial charge in [-0.25, -0.2) is 0 Å². The summed E-state index contributed by atoms with van der Waals surface area (Å²) in [5, 5.41) is 2.03. The fourth-order valence-electron chi connectivity index (χ4n) is 2.63. The standard InChI is InChI=1S/C19H17NOS/c1-13-18(19(20)21)17(12-22-13)11-14-7-9-16(10-8-14)15-5-3-2-4-6-15/h2-10,12H,11H2,1H3,(H2,20,21). The van der Waals surface area contributed by atoms with Gasteiger partial charge in [0.05, 0.1) is 5.56 Å². The van der Waals surface area contributed by atoms with Gasteiger partial charge in [0.2, 0.25) is 5.91 Å². The highest BCUT2D eigenvalue weighted by atomic mass is 32.1. The number of rotatable bonds is 4. The van der Waals surface area contributed by atoms with Crippen LogP contribution in [0, 0.1) is 6.92 Å². The van der Waals surface area contributed by atoms with E-state index < -0.39 is 0 Å². The number of carbonyl (C=O) groups excluding carboxylic acids is 1. The molecule has 2 N–H and O–H groups in total. The number of benzene rings is 2. The molecule has 0 saturated carbocycles. The molecule has 0 saturated heterocycles. The number of aryl methyl sites for hydroxylation is 1. The molecule has 0 aliphatic heterocycles. The summed E-state index contributed by atoms with van der Waals surface area (Å²) < 4.78 is 0. The Labute approximate surface area is 134 Å². The van der Waals surface area contributed by atoms with Crippen LogP contribution < -0.4 is 5.73 Å². The average Bonchev–Trinajstić information content (AvgIpc) is 2.90. The highest BCUT2D eigenvalue weighted by molar-refractivity contribution is 7.10. The van der Waals surface area contributed by atoms with Gasteiger partial charge in [-0.3, -0.25) is 4.79 Å². The molecule has 1 amide bonds. The highest BCUT2D eigenvalue weighted by Gasteiger charge is 2.14. The lowest BCUT2D eigenvalue weighted by Gasteiger charge is -2.05. The molecule has 22 heavy (non-hydrogen) atoms. The number of nitrogens with two attached hydrogens (primary N) is 1. The molecule has 3 heteroatoms. The highest BCUT2D eigenvalue weighted by Crippen LogP contribution is 2.25. The first-order valence-corrected chi connectivity index (χ1v) is 8.04. The van der Waals surface area contributed by atoms with Crippen molar-refractivity contribution in [2.75, 3.05) is 0 Å². The van der Waals surface area contributed by atoms with Crippen molar-refractivity contribution < 1.29 is 4.79 Å². The third-order valence-electron chi connectivity index (χ3n) is 3.75. The number of primary amides is 1. The largest absolute Gasteiger partial charge is 0.366 e. The molecule has 2 aromatic carbocycles. The monoisotopic (exact) mass is 307 g/mol. The van der Waals surface area contributed by atoms with Crippen LogP contribution in [0.3, 0.4) is 0 Å². The Morgan fingerprint density at radius 2 is 1.64 bits per heavy atom. The van der Waals surface area contributed by atoms with Crippen LogP contribution in [0.2, 0.25) is 0 Å². The van der Waals surface area contributed by atoms with E-state index in [1.807, 2.05) is 30.5 Å². The van der Waals surface area contributed by atoms with Gasteiger partial charge >= 0.3 is 0 Å². The summed E-state index contributed by atoms with van der Waals surface area (Å²) in [5.41, 5.74) is 10.8. The van der Waals surface area contributed by atoms with Crippen LogP contribution in [-0.2, 0) is 6.42 Å². The average molecular weight is 307 g/mol. The van der Waals surface area contributed by atoms with E-state index in [4.69, 9.17) is 5.73 Å². The number of carbonyl (C=O) groups is 1. The van der Waals surface area contributed by atoms with Crippen molar-refractivity contribution in [3.8, 4) is 11.1 Å². The predicted octanol–water partition coefficient (Wildman–Crippen LogP) is 4.41. The Hall–Kier alpha value is -2.39. The van der Waals surface area contributed by atoms with Crippen molar-refractivity contribution in [1.29, 1.82) is 0 Å². The normalized spacial score (nSPS) is 10.6. The smallest absolute Gasteiger partial charge is 0.250 e. The van der Waals surface area contributed by atoms with Gasteiger partial charge < -0.3 is 5.73 Å². The predicted molar refractivity (Wildman–Crippen MR) is 92.3 cm³/mol. The van der Waals surface area contributed by atoms with Crippen molar-refractivity contribution in [3.63, 3.8) is 0 Å². The summed E-state index contributed by atoms with van der Waals surface area (Å²) in [6.45, 7) is 1.94. The first kappa shape index (κ1) is 14.5. The lowest BCUT2D eigenvalue weighted by Crippen LogP contribution is -2.13. The SMILES string of the molecule is Cc1scc(Cc2ccc(-c3ccccc3)cc2)c1C(N)=O. The van der Waals surface area contributed by atoms with Gasteiger partial charge in [-0.15, -0.1) is 11.3 Å². The molecular weight excluding hydrogens is 290 g/mol. The molecular formula is C19H17NOS. The number of hydrogen-bond donors (Lipinski definition) is 1. The first-order chi connectivity index (χ1) is 10.6. The van der Waals surface area contributed by atoms with E-state index in [1.165, 1.54) is 16.7 Å². The Morgan fingerprint density at radius 3 is 2.27 bits per heavy atom. The number of hydrogen-bond acceptors (Lipinski definition) is 2.